The summed E-state index contributed by atoms with van der Waals surface area (Å²) < 4.78 is 0. The molecule has 52 valence electrons. The highest BCUT2D eigenvalue weighted by atomic mass is 35.5. The van der Waals surface area contributed by atoms with Crippen LogP contribution in [0.4, 0.5) is 0 Å². The first-order chi connectivity index (χ1) is 4.08. The molecule has 1 fully saturated rings. The smallest absolute Gasteiger partial charge is 0.149 e. The maximum Gasteiger partial charge on any atom is 0.149 e. The highest BCUT2D eigenvalue weighted by molar-refractivity contribution is 6.23. The van der Waals surface area contributed by atoms with E-state index in [0.717, 1.165) is 0 Å². The summed E-state index contributed by atoms with van der Waals surface area (Å²) in [6.45, 7) is 3.67. The minimum absolute atomic E-state index is 0.489. The molecule has 0 aromatic rings. The van der Waals surface area contributed by atoms with Gasteiger partial charge >= 0.3 is 0 Å². The molecule has 0 bridgehead atoms. The molecule has 0 aromatic heterocycles. The van der Waals surface area contributed by atoms with Crippen LogP contribution in [-0.4, -0.2) is 11.0 Å². The molecule has 3 heteroatoms. The Hall–Kier alpha value is -0.110. The minimum atomic E-state index is -0.497. The lowest BCUT2D eigenvalue weighted by Crippen LogP contribution is -2.03. The van der Waals surface area contributed by atoms with Crippen molar-refractivity contribution in [3.8, 4) is 0 Å². The van der Waals surface area contributed by atoms with Crippen LogP contribution >= 0.6 is 11.6 Å². The number of hydrogen-bond acceptors (Lipinski definition) is 2. The lowest BCUT2D eigenvalue weighted by molar-refractivity contribution is 0.667. The van der Waals surface area contributed by atoms with Gasteiger partial charge in [-0.3, -0.25) is 0 Å². The second kappa shape index (κ2) is 2.25. The van der Waals surface area contributed by atoms with Crippen molar-refractivity contribution in [3.05, 3.63) is 0 Å². The second-order valence-corrected chi connectivity index (χ2v) is 3.78. The van der Waals surface area contributed by atoms with Gasteiger partial charge in [-0.15, -0.1) is 0 Å². The summed E-state index contributed by atoms with van der Waals surface area (Å²) in [4.78, 5) is -0.497. The van der Waals surface area contributed by atoms with Crippen LogP contribution in [0, 0.1) is 0 Å². The van der Waals surface area contributed by atoms with E-state index < -0.39 is 5.00 Å². The van der Waals surface area contributed by atoms with Gasteiger partial charge in [-0.05, 0) is 26.7 Å². The monoisotopic (exact) mass is 146 g/mol. The quantitative estimate of drug-likeness (QED) is 0.325. The molecule has 0 heterocycles. The third-order valence-electron chi connectivity index (χ3n) is 1.01. The van der Waals surface area contributed by atoms with E-state index in [1.807, 2.05) is 13.8 Å². The van der Waals surface area contributed by atoms with Crippen LogP contribution in [0.2, 0.25) is 0 Å². The molecule has 0 aromatic carbocycles. The average molecular weight is 147 g/mol. The van der Waals surface area contributed by atoms with Crippen molar-refractivity contribution in [3.63, 3.8) is 0 Å². The third-order valence-corrected chi connectivity index (χ3v) is 1.08. The van der Waals surface area contributed by atoms with Gasteiger partial charge < -0.3 is 0 Å². The van der Waals surface area contributed by atoms with Gasteiger partial charge in [0, 0.05) is 0 Å². The first-order valence-electron chi connectivity index (χ1n) is 3.19. The van der Waals surface area contributed by atoms with E-state index in [1.165, 1.54) is 12.8 Å². The number of azo groups is 1. The molecule has 1 saturated carbocycles. The summed E-state index contributed by atoms with van der Waals surface area (Å²) in [6, 6.07) is 0.489. The minimum Gasteiger partial charge on any atom is -0.189 e. The summed E-state index contributed by atoms with van der Waals surface area (Å²) in [5.41, 5.74) is 0. The zero-order chi connectivity index (χ0) is 6.91. The molecule has 0 unspecified atom stereocenters. The molecule has 0 radical (unpaired) electrons. The Morgan fingerprint density at radius 3 is 2.33 bits per heavy atom. The Bertz CT molecular complexity index is 122. The fraction of sp³-hybridized carbons (Fsp3) is 1.00. The largest absolute Gasteiger partial charge is 0.189 e. The van der Waals surface area contributed by atoms with Crippen molar-refractivity contribution in [1.82, 2.24) is 0 Å². The zero-order valence-corrected chi connectivity index (χ0v) is 6.52. The van der Waals surface area contributed by atoms with Gasteiger partial charge in [0.15, 0.2) is 0 Å². The van der Waals surface area contributed by atoms with Crippen molar-refractivity contribution >= 4 is 11.6 Å². The Morgan fingerprint density at radius 2 is 2.00 bits per heavy atom. The number of hydrogen-bond donors (Lipinski definition) is 0. The van der Waals surface area contributed by atoms with Crippen LogP contribution < -0.4 is 0 Å². The van der Waals surface area contributed by atoms with Gasteiger partial charge in [0.2, 0.25) is 0 Å². The van der Waals surface area contributed by atoms with Crippen LogP contribution in [0.5, 0.6) is 0 Å². The molecule has 0 N–H and O–H groups in total. The van der Waals surface area contributed by atoms with Gasteiger partial charge in [-0.1, -0.05) is 11.6 Å². The molecule has 1 rings (SSSR count). The second-order valence-electron chi connectivity index (χ2n) is 2.86. The molecular weight excluding hydrogens is 136 g/mol. The fourth-order valence-corrected chi connectivity index (χ4v) is 0.453. The number of rotatable bonds is 2. The highest BCUT2D eigenvalue weighted by Crippen LogP contribution is 2.26. The van der Waals surface area contributed by atoms with E-state index in [4.69, 9.17) is 11.6 Å². The van der Waals surface area contributed by atoms with E-state index in [0.29, 0.717) is 6.04 Å². The lowest BCUT2D eigenvalue weighted by atomic mass is 10.4. The van der Waals surface area contributed by atoms with E-state index >= 15 is 0 Å². The molecule has 0 aliphatic heterocycles. The predicted molar refractivity (Wildman–Crippen MR) is 37.8 cm³/mol. The zero-order valence-electron chi connectivity index (χ0n) is 5.76. The van der Waals surface area contributed by atoms with Gasteiger partial charge in [0.1, 0.15) is 5.00 Å². The molecule has 0 saturated heterocycles. The van der Waals surface area contributed by atoms with Crippen LogP contribution in [0.3, 0.4) is 0 Å². The van der Waals surface area contributed by atoms with Crippen molar-refractivity contribution in [2.75, 3.05) is 0 Å². The first-order valence-corrected chi connectivity index (χ1v) is 3.57. The molecule has 0 atom stereocenters. The summed E-state index contributed by atoms with van der Waals surface area (Å²) in [5.74, 6) is 0. The van der Waals surface area contributed by atoms with Gasteiger partial charge in [-0.2, -0.15) is 10.2 Å². The average Bonchev–Trinajstić information content (AvgIpc) is 2.38. The Kier molecular flexibility index (Phi) is 1.75. The molecule has 1 aliphatic carbocycles. The van der Waals surface area contributed by atoms with E-state index in [2.05, 4.69) is 10.2 Å². The maximum absolute atomic E-state index is 5.74. The molecule has 0 spiro atoms. The van der Waals surface area contributed by atoms with Crippen molar-refractivity contribution in [2.45, 2.75) is 37.7 Å². The Balaban J connectivity index is 2.29. The van der Waals surface area contributed by atoms with E-state index in [9.17, 15) is 0 Å². The fourth-order valence-electron chi connectivity index (χ4n) is 0.409. The van der Waals surface area contributed by atoms with Crippen LogP contribution in [0.15, 0.2) is 10.2 Å². The summed E-state index contributed by atoms with van der Waals surface area (Å²) in [6.07, 6.45) is 2.38. The molecular formula is C6H11ClN2. The third kappa shape index (κ3) is 3.46. The standard InChI is InChI=1S/C6H11ClN2/c1-6(2,7)9-8-5-3-4-5/h5H,3-4H2,1-2H3/b9-8+. The maximum atomic E-state index is 5.74. The summed E-state index contributed by atoms with van der Waals surface area (Å²) >= 11 is 5.74. The summed E-state index contributed by atoms with van der Waals surface area (Å²) in [7, 11) is 0. The Morgan fingerprint density at radius 1 is 1.44 bits per heavy atom. The lowest BCUT2D eigenvalue weighted by Gasteiger charge is -2.04. The number of halogens is 1. The first kappa shape index (κ1) is 7.00. The van der Waals surface area contributed by atoms with Gasteiger partial charge in [-0.25, -0.2) is 0 Å². The highest BCUT2D eigenvalue weighted by Gasteiger charge is 2.21. The van der Waals surface area contributed by atoms with Crippen molar-refractivity contribution in [2.24, 2.45) is 10.2 Å². The molecule has 0 amide bonds. The van der Waals surface area contributed by atoms with Crippen LogP contribution in [0.25, 0.3) is 0 Å². The molecule has 1 aliphatic rings. The van der Waals surface area contributed by atoms with Crippen LogP contribution in [-0.2, 0) is 0 Å². The summed E-state index contributed by atoms with van der Waals surface area (Å²) in [5, 5.41) is 7.91. The molecule has 9 heavy (non-hydrogen) atoms. The number of nitrogens with zero attached hydrogens (tertiary/aromatic N) is 2. The normalized spacial score (nSPS) is 21.2. The topological polar surface area (TPSA) is 24.7 Å². The molecule has 2 nitrogen and oxygen atoms in total. The SMILES string of the molecule is CC(C)(Cl)/N=N/C1CC1. The predicted octanol–water partition coefficient (Wildman–Crippen LogP) is 2.58. The van der Waals surface area contributed by atoms with Gasteiger partial charge in [0.25, 0.3) is 0 Å². The Labute approximate surface area is 60.3 Å². The van der Waals surface area contributed by atoms with E-state index in [-0.39, 0.29) is 0 Å². The number of alkyl halides is 1. The van der Waals surface area contributed by atoms with E-state index in [1.54, 1.807) is 0 Å². The van der Waals surface area contributed by atoms with Crippen molar-refractivity contribution in [1.29, 1.82) is 0 Å². The van der Waals surface area contributed by atoms with Crippen LogP contribution in [0.1, 0.15) is 26.7 Å². The van der Waals surface area contributed by atoms with Crippen molar-refractivity contribution < 1.29 is 0 Å². The van der Waals surface area contributed by atoms with Gasteiger partial charge in [0.05, 0.1) is 6.04 Å².